The van der Waals surface area contributed by atoms with Crippen LogP contribution < -0.4 is 10.1 Å². The highest BCUT2D eigenvalue weighted by molar-refractivity contribution is 6.03. The number of carboxylic acids is 1. The summed E-state index contributed by atoms with van der Waals surface area (Å²) >= 11 is 0. The van der Waals surface area contributed by atoms with E-state index >= 15 is 0 Å². The van der Waals surface area contributed by atoms with E-state index in [0.29, 0.717) is 11.4 Å². The largest absolute Gasteiger partial charge is 0.482 e. The van der Waals surface area contributed by atoms with Crippen LogP contribution in [0.2, 0.25) is 0 Å². The van der Waals surface area contributed by atoms with Gasteiger partial charge in [-0.3, -0.25) is 4.79 Å². The smallest absolute Gasteiger partial charge is 0.341 e. The molecule has 2 rings (SSSR count). The lowest BCUT2D eigenvalue weighted by Gasteiger charge is -2.06. The van der Waals surface area contributed by atoms with Crippen LogP contribution in [0, 0.1) is 6.92 Å². The van der Waals surface area contributed by atoms with Gasteiger partial charge in [0.25, 0.3) is 5.91 Å². The number of ether oxygens (including phenoxy) is 1. The van der Waals surface area contributed by atoms with E-state index in [1.807, 2.05) is 0 Å². The van der Waals surface area contributed by atoms with E-state index in [1.54, 1.807) is 37.3 Å². The average molecular weight is 275 g/mol. The monoisotopic (exact) mass is 275 g/mol. The molecule has 1 aromatic heterocycles. The minimum atomic E-state index is -1.05. The molecule has 6 heteroatoms. The molecule has 0 spiro atoms. The number of amides is 1. The number of nitrogens with one attached hydrogen (secondary N) is 1. The third-order valence-corrected chi connectivity index (χ3v) is 2.54. The van der Waals surface area contributed by atoms with Gasteiger partial charge in [-0.15, -0.1) is 0 Å². The van der Waals surface area contributed by atoms with Crippen molar-refractivity contribution >= 4 is 17.6 Å². The van der Waals surface area contributed by atoms with Gasteiger partial charge < -0.3 is 19.6 Å². The fraction of sp³-hybridized carbons (Fsp3) is 0.143. The second-order valence-corrected chi connectivity index (χ2v) is 4.09. The van der Waals surface area contributed by atoms with Crippen LogP contribution in [0.5, 0.6) is 5.75 Å². The molecule has 0 unspecified atom stereocenters. The summed E-state index contributed by atoms with van der Waals surface area (Å²) in [6.07, 6.45) is 1.45. The Kier molecular flexibility index (Phi) is 4.05. The molecule has 2 N–H and O–H groups in total. The maximum absolute atomic E-state index is 11.9. The number of hydrogen-bond acceptors (Lipinski definition) is 4. The molecule has 0 aliphatic carbocycles. The van der Waals surface area contributed by atoms with Crippen molar-refractivity contribution in [2.45, 2.75) is 6.92 Å². The molecule has 20 heavy (non-hydrogen) atoms. The highest BCUT2D eigenvalue weighted by atomic mass is 16.5. The molecule has 6 nitrogen and oxygen atoms in total. The van der Waals surface area contributed by atoms with Gasteiger partial charge in [0.2, 0.25) is 0 Å². The molecule has 0 radical (unpaired) electrons. The number of aliphatic carboxylic acids is 1. The lowest BCUT2D eigenvalue weighted by atomic mass is 10.2. The Bertz CT molecular complexity index is 615. The maximum atomic E-state index is 11.9. The summed E-state index contributed by atoms with van der Waals surface area (Å²) in [5.41, 5.74) is 1.32. The van der Waals surface area contributed by atoms with Crippen LogP contribution in [0.1, 0.15) is 16.1 Å². The van der Waals surface area contributed by atoms with Crippen molar-refractivity contribution in [1.82, 2.24) is 0 Å². The number of benzene rings is 1. The van der Waals surface area contributed by atoms with Crippen LogP contribution in [0.15, 0.2) is 41.0 Å². The summed E-state index contributed by atoms with van der Waals surface area (Å²) < 4.78 is 10.1. The number of carbonyl (C=O) groups excluding carboxylic acids is 1. The van der Waals surface area contributed by atoms with Gasteiger partial charge in [0, 0.05) is 11.3 Å². The van der Waals surface area contributed by atoms with Gasteiger partial charge in [-0.2, -0.15) is 0 Å². The summed E-state index contributed by atoms with van der Waals surface area (Å²) in [7, 11) is 0. The lowest BCUT2D eigenvalue weighted by molar-refractivity contribution is -0.139. The molecular weight excluding hydrogens is 262 g/mol. The van der Waals surface area contributed by atoms with E-state index in [4.69, 9.17) is 14.3 Å². The van der Waals surface area contributed by atoms with Crippen LogP contribution in [0.3, 0.4) is 0 Å². The van der Waals surface area contributed by atoms with Gasteiger partial charge in [0.15, 0.2) is 12.4 Å². The highest BCUT2D eigenvalue weighted by Crippen LogP contribution is 2.17. The molecule has 0 fully saturated rings. The number of aryl methyl sites for hydroxylation is 1. The van der Waals surface area contributed by atoms with Crippen LogP contribution >= 0.6 is 0 Å². The normalized spacial score (nSPS) is 10.1. The molecule has 0 atom stereocenters. The van der Waals surface area contributed by atoms with Crippen molar-refractivity contribution in [3.63, 3.8) is 0 Å². The number of carbonyl (C=O) groups is 2. The van der Waals surface area contributed by atoms with Gasteiger partial charge >= 0.3 is 5.97 Å². The van der Waals surface area contributed by atoms with Crippen molar-refractivity contribution < 1.29 is 23.8 Å². The van der Waals surface area contributed by atoms with Gasteiger partial charge in [0.05, 0.1) is 6.26 Å². The number of carboxylic acid groups (broad SMARTS) is 1. The predicted octanol–water partition coefficient (Wildman–Crippen LogP) is 2.30. The van der Waals surface area contributed by atoms with Gasteiger partial charge in [0.1, 0.15) is 5.75 Å². The summed E-state index contributed by atoms with van der Waals surface area (Å²) in [5.74, 6) is -0.710. The first-order valence-corrected chi connectivity index (χ1v) is 5.86. The molecular formula is C14H13NO5. The van der Waals surface area contributed by atoms with Crippen LogP contribution in [-0.4, -0.2) is 23.6 Å². The summed E-state index contributed by atoms with van der Waals surface area (Å²) in [5, 5.41) is 11.2. The van der Waals surface area contributed by atoms with Gasteiger partial charge in [-0.05, 0) is 37.3 Å². The second-order valence-electron chi connectivity index (χ2n) is 4.09. The molecule has 1 amide bonds. The zero-order valence-electron chi connectivity index (χ0n) is 10.8. The average Bonchev–Trinajstić information content (AvgIpc) is 2.84. The molecule has 1 aromatic carbocycles. The molecule has 0 saturated heterocycles. The van der Waals surface area contributed by atoms with Crippen LogP contribution in [0.4, 0.5) is 5.69 Å². The quantitative estimate of drug-likeness (QED) is 0.874. The van der Waals surface area contributed by atoms with Gasteiger partial charge in [-0.25, -0.2) is 4.79 Å². The molecule has 0 aliphatic rings. The first-order valence-electron chi connectivity index (χ1n) is 5.86. The van der Waals surface area contributed by atoms with Crippen molar-refractivity contribution in [3.8, 4) is 5.75 Å². The Balaban J connectivity index is 1.99. The zero-order valence-corrected chi connectivity index (χ0v) is 10.8. The topological polar surface area (TPSA) is 88.8 Å². The number of rotatable bonds is 5. The second kappa shape index (κ2) is 5.92. The first kappa shape index (κ1) is 13.7. The van der Waals surface area contributed by atoms with E-state index in [9.17, 15) is 9.59 Å². The number of hydrogen-bond donors (Lipinski definition) is 2. The maximum Gasteiger partial charge on any atom is 0.341 e. The molecule has 0 aliphatic heterocycles. The SMILES string of the molecule is Cc1ccoc1C(=O)Nc1ccc(OCC(=O)O)cc1. The Morgan fingerprint density at radius 3 is 2.50 bits per heavy atom. The van der Waals surface area contributed by atoms with Crippen LogP contribution in [-0.2, 0) is 4.79 Å². The van der Waals surface area contributed by atoms with Crippen molar-refractivity contribution in [2.75, 3.05) is 11.9 Å². The number of furan rings is 1. The zero-order chi connectivity index (χ0) is 14.5. The Morgan fingerprint density at radius 1 is 1.25 bits per heavy atom. The summed E-state index contributed by atoms with van der Waals surface area (Å²) in [6, 6.07) is 8.10. The van der Waals surface area contributed by atoms with Crippen molar-refractivity contribution in [1.29, 1.82) is 0 Å². The van der Waals surface area contributed by atoms with Crippen molar-refractivity contribution in [2.24, 2.45) is 0 Å². The van der Waals surface area contributed by atoms with E-state index in [1.165, 1.54) is 6.26 Å². The Hall–Kier alpha value is -2.76. The molecule has 0 bridgehead atoms. The molecule has 2 aromatic rings. The molecule has 104 valence electrons. The predicted molar refractivity (Wildman–Crippen MR) is 71.0 cm³/mol. The molecule has 1 heterocycles. The lowest BCUT2D eigenvalue weighted by Crippen LogP contribution is -2.12. The Morgan fingerprint density at radius 2 is 1.95 bits per heavy atom. The Labute approximate surface area is 115 Å². The fourth-order valence-corrected chi connectivity index (χ4v) is 1.57. The highest BCUT2D eigenvalue weighted by Gasteiger charge is 2.12. The summed E-state index contributed by atoms with van der Waals surface area (Å²) in [6.45, 7) is 1.37. The summed E-state index contributed by atoms with van der Waals surface area (Å²) in [4.78, 5) is 22.2. The number of anilines is 1. The van der Waals surface area contributed by atoms with E-state index in [-0.39, 0.29) is 11.7 Å². The minimum Gasteiger partial charge on any atom is -0.482 e. The minimum absolute atomic E-state index is 0.260. The third-order valence-electron chi connectivity index (χ3n) is 2.54. The fourth-order valence-electron chi connectivity index (χ4n) is 1.57. The van der Waals surface area contributed by atoms with E-state index < -0.39 is 12.6 Å². The van der Waals surface area contributed by atoms with Crippen LogP contribution in [0.25, 0.3) is 0 Å². The van der Waals surface area contributed by atoms with Gasteiger partial charge in [-0.1, -0.05) is 0 Å². The van der Waals surface area contributed by atoms with Crippen molar-refractivity contribution in [3.05, 3.63) is 47.9 Å². The first-order chi connectivity index (χ1) is 9.56. The standard InChI is InChI=1S/C14H13NO5/c1-9-6-7-19-13(9)14(18)15-10-2-4-11(5-3-10)20-8-12(16)17/h2-7H,8H2,1H3,(H,15,18)(H,16,17). The van der Waals surface area contributed by atoms with E-state index in [0.717, 1.165) is 5.56 Å². The molecule has 0 saturated carbocycles. The van der Waals surface area contributed by atoms with E-state index in [2.05, 4.69) is 5.32 Å². The third kappa shape index (κ3) is 3.38.